The van der Waals surface area contributed by atoms with Crippen LogP contribution in [0.25, 0.3) is 0 Å². The second kappa shape index (κ2) is 8.85. The van der Waals surface area contributed by atoms with Crippen molar-refractivity contribution in [1.29, 1.82) is 0 Å². The highest BCUT2D eigenvalue weighted by Gasteiger charge is 2.49. The number of aliphatic carboxylic acids is 1. The van der Waals surface area contributed by atoms with Crippen molar-refractivity contribution in [3.63, 3.8) is 0 Å². The Balaban J connectivity index is 2.04. The van der Waals surface area contributed by atoms with Gasteiger partial charge in [-0.1, -0.05) is 37.6 Å². The Morgan fingerprint density at radius 1 is 1.22 bits per heavy atom. The molecule has 0 bridgehead atoms. The van der Waals surface area contributed by atoms with Gasteiger partial charge < -0.3 is 20.6 Å². The number of nitrogens with one attached hydrogen (secondary N) is 1. The molecule has 4 N–H and O–H groups in total. The maximum absolute atomic E-state index is 13.1. The van der Waals surface area contributed by atoms with Crippen LogP contribution in [0.3, 0.4) is 0 Å². The zero-order valence-corrected chi connectivity index (χ0v) is 19.5. The number of aliphatic hydroxyl groups is 2. The fourth-order valence-electron chi connectivity index (χ4n) is 5.98. The third-order valence-corrected chi connectivity index (χ3v) is 7.68. The molecule has 3 rings (SSSR count). The van der Waals surface area contributed by atoms with E-state index in [1.165, 1.54) is 0 Å². The number of carboxylic acid groups (broad SMARTS) is 1. The first-order valence-electron chi connectivity index (χ1n) is 11.4. The van der Waals surface area contributed by atoms with Crippen molar-refractivity contribution < 1.29 is 29.7 Å². The van der Waals surface area contributed by atoms with Gasteiger partial charge in [0, 0.05) is 18.3 Å². The molecule has 1 saturated heterocycles. The number of rotatable bonds is 5. The third kappa shape index (κ3) is 4.27. The minimum absolute atomic E-state index is 0.0883. The predicted molar refractivity (Wildman–Crippen MR) is 120 cm³/mol. The van der Waals surface area contributed by atoms with Crippen molar-refractivity contribution in [2.75, 3.05) is 0 Å². The van der Waals surface area contributed by atoms with Crippen molar-refractivity contribution >= 4 is 17.7 Å². The number of allylic oxidation sites excluding steroid dienone is 5. The molecule has 7 nitrogen and oxygen atoms in total. The van der Waals surface area contributed by atoms with Gasteiger partial charge >= 0.3 is 5.97 Å². The molecule has 0 radical (unpaired) electrons. The molecular weight excluding hydrogens is 410 g/mol. The lowest BCUT2D eigenvalue weighted by atomic mass is 9.57. The SMILES string of the molecule is C/C=C(/C)[C@@H]1C=C[C@@H]2C[C@@H](C)C[C@@H](C)[C@@H]2[C@H]1/C(O)=C1/C(=O)N[C@@H](C[C@@](C)(O)C(=O)O)C1=O. The van der Waals surface area contributed by atoms with E-state index < -0.39 is 41.6 Å². The summed E-state index contributed by atoms with van der Waals surface area (Å²) in [6, 6.07) is -1.19. The van der Waals surface area contributed by atoms with Gasteiger partial charge in [-0.25, -0.2) is 4.79 Å². The second-order valence-electron chi connectivity index (χ2n) is 10.2. The Labute approximate surface area is 189 Å². The molecule has 0 aromatic rings. The zero-order valence-electron chi connectivity index (χ0n) is 19.5. The maximum atomic E-state index is 13.1. The summed E-state index contributed by atoms with van der Waals surface area (Å²) in [4.78, 5) is 37.1. The van der Waals surface area contributed by atoms with Crippen LogP contribution in [0.4, 0.5) is 0 Å². The Morgan fingerprint density at radius 2 is 1.88 bits per heavy atom. The second-order valence-corrected chi connectivity index (χ2v) is 10.2. The zero-order chi connectivity index (χ0) is 24.0. The molecule has 1 amide bonds. The molecule has 0 aromatic heterocycles. The minimum Gasteiger partial charge on any atom is -0.511 e. The topological polar surface area (TPSA) is 124 Å². The molecule has 0 unspecified atom stereocenters. The smallest absolute Gasteiger partial charge is 0.335 e. The van der Waals surface area contributed by atoms with Gasteiger partial charge in [0.2, 0.25) is 0 Å². The summed E-state index contributed by atoms with van der Waals surface area (Å²) in [7, 11) is 0. The number of ketones is 1. The highest BCUT2D eigenvalue weighted by atomic mass is 16.4. The summed E-state index contributed by atoms with van der Waals surface area (Å²) in [5, 5.41) is 33.2. The number of Topliss-reactive ketones (excluding diaryl/α,β-unsaturated/α-hetero) is 1. The Hall–Kier alpha value is -2.41. The van der Waals surface area contributed by atoms with E-state index in [0.717, 1.165) is 25.3 Å². The first kappa shape index (κ1) is 24.2. The van der Waals surface area contributed by atoms with Crippen LogP contribution in [0, 0.1) is 35.5 Å². The standard InChI is InChI=1S/C25H35NO6/c1-6-13(3)16-8-7-15-10-12(2)9-14(4)18(15)19(16)22(28)20-21(27)17(26-23(20)29)11-25(5,32)24(30)31/h6-8,12,14-19,28,32H,9-11H2,1-5H3,(H,26,29)(H,30,31)/b13-6-,22-20-/t12-,14+,15+,16-,17-,18-,19-,25+/m0/s1. The summed E-state index contributed by atoms with van der Waals surface area (Å²) in [5.41, 5.74) is -1.41. The van der Waals surface area contributed by atoms with Gasteiger partial charge in [0.25, 0.3) is 5.91 Å². The van der Waals surface area contributed by atoms with Crippen LogP contribution >= 0.6 is 0 Å². The van der Waals surface area contributed by atoms with Crippen molar-refractivity contribution in [1.82, 2.24) is 5.32 Å². The molecule has 0 aromatic carbocycles. The highest BCUT2D eigenvalue weighted by molar-refractivity contribution is 6.27. The number of carbonyl (C=O) groups is 3. The van der Waals surface area contributed by atoms with Crippen LogP contribution in [0.5, 0.6) is 0 Å². The van der Waals surface area contributed by atoms with Crippen molar-refractivity contribution in [3.05, 3.63) is 35.1 Å². The summed E-state index contributed by atoms with van der Waals surface area (Å²) in [6.45, 7) is 9.40. The third-order valence-electron chi connectivity index (χ3n) is 7.68. The van der Waals surface area contributed by atoms with Gasteiger partial charge in [0.15, 0.2) is 11.4 Å². The van der Waals surface area contributed by atoms with E-state index in [1.807, 2.05) is 19.9 Å². The largest absolute Gasteiger partial charge is 0.511 e. The summed E-state index contributed by atoms with van der Waals surface area (Å²) >= 11 is 0. The van der Waals surface area contributed by atoms with Gasteiger partial charge in [0.05, 0.1) is 6.04 Å². The number of fused-ring (bicyclic) bond motifs is 1. The van der Waals surface area contributed by atoms with Gasteiger partial charge in [-0.05, 0) is 57.3 Å². The molecular formula is C25H35NO6. The fraction of sp³-hybridized carbons (Fsp3) is 0.640. The lowest BCUT2D eigenvalue weighted by molar-refractivity contribution is -0.158. The molecule has 1 aliphatic heterocycles. The number of hydrogen-bond donors (Lipinski definition) is 4. The Kier molecular flexibility index (Phi) is 6.70. The van der Waals surface area contributed by atoms with Crippen LogP contribution in [-0.4, -0.2) is 44.6 Å². The average Bonchev–Trinajstić information content (AvgIpc) is 2.98. The average molecular weight is 446 g/mol. The lowest BCUT2D eigenvalue weighted by Gasteiger charge is -2.47. The molecule has 1 saturated carbocycles. The Morgan fingerprint density at radius 3 is 2.47 bits per heavy atom. The van der Waals surface area contributed by atoms with Crippen LogP contribution in [0.2, 0.25) is 0 Å². The van der Waals surface area contributed by atoms with Gasteiger partial charge in [-0.3, -0.25) is 9.59 Å². The highest BCUT2D eigenvalue weighted by Crippen LogP contribution is 2.51. The van der Waals surface area contributed by atoms with Crippen molar-refractivity contribution in [3.8, 4) is 0 Å². The van der Waals surface area contributed by atoms with Crippen LogP contribution in [0.1, 0.15) is 53.9 Å². The van der Waals surface area contributed by atoms with E-state index in [0.29, 0.717) is 11.8 Å². The van der Waals surface area contributed by atoms with Gasteiger partial charge in [-0.15, -0.1) is 0 Å². The number of carbonyl (C=O) groups excluding carboxylic acids is 2. The monoisotopic (exact) mass is 445 g/mol. The summed E-state index contributed by atoms with van der Waals surface area (Å²) < 4.78 is 0. The van der Waals surface area contributed by atoms with Gasteiger partial charge in [-0.2, -0.15) is 0 Å². The first-order valence-corrected chi connectivity index (χ1v) is 11.4. The molecule has 0 spiro atoms. The molecule has 3 aliphatic rings. The number of hydrogen-bond acceptors (Lipinski definition) is 5. The normalized spacial score (nSPS) is 38.7. The van der Waals surface area contributed by atoms with Crippen LogP contribution in [-0.2, 0) is 14.4 Å². The van der Waals surface area contributed by atoms with E-state index in [9.17, 15) is 29.7 Å². The van der Waals surface area contributed by atoms with Crippen LogP contribution < -0.4 is 5.32 Å². The number of carboxylic acids is 1. The quantitative estimate of drug-likeness (QED) is 0.223. The lowest BCUT2D eigenvalue weighted by Crippen LogP contribution is -2.43. The molecule has 176 valence electrons. The molecule has 32 heavy (non-hydrogen) atoms. The van der Waals surface area contributed by atoms with Crippen molar-refractivity contribution in [2.24, 2.45) is 35.5 Å². The molecule has 2 aliphatic carbocycles. The van der Waals surface area contributed by atoms with E-state index in [-0.39, 0.29) is 29.1 Å². The molecule has 7 heteroatoms. The van der Waals surface area contributed by atoms with E-state index in [4.69, 9.17) is 0 Å². The summed E-state index contributed by atoms with van der Waals surface area (Å²) in [6.07, 6.45) is 7.85. The number of aliphatic hydroxyl groups excluding tert-OH is 1. The summed E-state index contributed by atoms with van der Waals surface area (Å²) in [5.74, 6) is -2.39. The van der Waals surface area contributed by atoms with E-state index in [2.05, 4.69) is 31.3 Å². The van der Waals surface area contributed by atoms with E-state index >= 15 is 0 Å². The predicted octanol–water partition coefficient (Wildman–Crippen LogP) is 3.16. The molecule has 2 fully saturated rings. The first-order chi connectivity index (χ1) is 14.9. The van der Waals surface area contributed by atoms with Gasteiger partial charge in [0.1, 0.15) is 11.3 Å². The molecule has 1 heterocycles. The van der Waals surface area contributed by atoms with E-state index in [1.54, 1.807) is 0 Å². The Bertz CT molecular complexity index is 898. The van der Waals surface area contributed by atoms with Crippen molar-refractivity contribution in [2.45, 2.75) is 65.5 Å². The fourth-order valence-corrected chi connectivity index (χ4v) is 5.98. The van der Waals surface area contributed by atoms with Crippen LogP contribution in [0.15, 0.2) is 35.1 Å². The maximum Gasteiger partial charge on any atom is 0.335 e. The molecule has 8 atom stereocenters. The number of amides is 1. The minimum atomic E-state index is -2.17.